The minimum atomic E-state index is 0.451. The first kappa shape index (κ1) is 14.9. The highest BCUT2D eigenvalue weighted by Crippen LogP contribution is 2.31. The second kappa shape index (κ2) is 6.45. The lowest BCUT2D eigenvalue weighted by Gasteiger charge is -2.13. The zero-order chi connectivity index (χ0) is 17.1. The van der Waals surface area contributed by atoms with Gasteiger partial charge in [0.2, 0.25) is 0 Å². The van der Waals surface area contributed by atoms with Crippen LogP contribution in [0.4, 0.5) is 28.7 Å². The number of rotatable bonds is 4. The van der Waals surface area contributed by atoms with Gasteiger partial charge in [0, 0.05) is 29.2 Å². The number of nitrogens with zero attached hydrogens (tertiary/aromatic N) is 3. The third kappa shape index (κ3) is 3.05. The number of fused-ring (bicyclic) bond motifs is 1. The monoisotopic (exact) mass is 328 g/mol. The van der Waals surface area contributed by atoms with E-state index in [0.717, 1.165) is 22.1 Å². The SMILES string of the molecule is Nc1c(Nc2ccncc2)ncnc1Nc1cccc2ccccc12. The maximum Gasteiger partial charge on any atom is 0.159 e. The van der Waals surface area contributed by atoms with Gasteiger partial charge in [0.1, 0.15) is 12.0 Å². The Balaban J connectivity index is 1.68. The lowest BCUT2D eigenvalue weighted by molar-refractivity contribution is 1.17. The molecular weight excluding hydrogens is 312 g/mol. The number of hydrogen-bond acceptors (Lipinski definition) is 6. The summed E-state index contributed by atoms with van der Waals surface area (Å²) in [6.07, 6.45) is 4.89. The highest BCUT2D eigenvalue weighted by atomic mass is 15.1. The van der Waals surface area contributed by atoms with Crippen molar-refractivity contribution in [3.05, 3.63) is 73.3 Å². The van der Waals surface area contributed by atoms with Crippen molar-refractivity contribution in [2.45, 2.75) is 0 Å². The van der Waals surface area contributed by atoms with E-state index in [-0.39, 0.29) is 0 Å². The Morgan fingerprint density at radius 1 is 0.760 bits per heavy atom. The highest BCUT2D eigenvalue weighted by molar-refractivity contribution is 5.96. The molecule has 6 heteroatoms. The molecule has 0 bridgehead atoms. The fourth-order valence-corrected chi connectivity index (χ4v) is 2.63. The van der Waals surface area contributed by atoms with Gasteiger partial charge in [0.25, 0.3) is 0 Å². The van der Waals surface area contributed by atoms with Gasteiger partial charge in [-0.2, -0.15) is 0 Å². The van der Waals surface area contributed by atoms with Crippen molar-refractivity contribution in [2.75, 3.05) is 16.4 Å². The van der Waals surface area contributed by atoms with E-state index in [4.69, 9.17) is 5.73 Å². The molecule has 2 heterocycles. The topological polar surface area (TPSA) is 88.8 Å². The summed E-state index contributed by atoms with van der Waals surface area (Å²) in [6.45, 7) is 0. The van der Waals surface area contributed by atoms with Crippen molar-refractivity contribution in [1.29, 1.82) is 0 Å². The van der Waals surface area contributed by atoms with Gasteiger partial charge < -0.3 is 16.4 Å². The second-order valence-electron chi connectivity index (χ2n) is 5.50. The van der Waals surface area contributed by atoms with Crippen molar-refractivity contribution >= 4 is 39.5 Å². The van der Waals surface area contributed by atoms with Crippen LogP contribution < -0.4 is 16.4 Å². The summed E-state index contributed by atoms with van der Waals surface area (Å²) < 4.78 is 0. The zero-order valence-corrected chi connectivity index (χ0v) is 13.3. The third-order valence-corrected chi connectivity index (χ3v) is 3.87. The number of aromatic nitrogens is 3. The maximum atomic E-state index is 6.26. The molecule has 4 N–H and O–H groups in total. The average Bonchev–Trinajstić information content (AvgIpc) is 2.66. The van der Waals surface area contributed by atoms with Crippen LogP contribution in [0, 0.1) is 0 Å². The predicted molar refractivity (Wildman–Crippen MR) is 101 cm³/mol. The average molecular weight is 328 g/mol. The molecular formula is C19H16N6. The number of anilines is 5. The Hall–Kier alpha value is -3.67. The largest absolute Gasteiger partial charge is 0.393 e. The lowest BCUT2D eigenvalue weighted by Crippen LogP contribution is -2.05. The minimum Gasteiger partial charge on any atom is -0.393 e. The van der Waals surface area contributed by atoms with Crippen LogP contribution >= 0.6 is 0 Å². The third-order valence-electron chi connectivity index (χ3n) is 3.87. The molecule has 2 aromatic heterocycles. The number of nitrogens with one attached hydrogen (secondary N) is 2. The molecule has 0 amide bonds. The van der Waals surface area contributed by atoms with E-state index in [1.165, 1.54) is 6.33 Å². The van der Waals surface area contributed by atoms with Crippen LogP contribution in [0.25, 0.3) is 10.8 Å². The van der Waals surface area contributed by atoms with E-state index < -0.39 is 0 Å². The van der Waals surface area contributed by atoms with Crippen molar-refractivity contribution < 1.29 is 0 Å². The van der Waals surface area contributed by atoms with Crippen LogP contribution in [0.15, 0.2) is 73.3 Å². The van der Waals surface area contributed by atoms with Crippen LogP contribution in [0.2, 0.25) is 0 Å². The molecule has 0 aliphatic heterocycles. The van der Waals surface area contributed by atoms with Crippen molar-refractivity contribution in [3.8, 4) is 0 Å². The van der Waals surface area contributed by atoms with Crippen LogP contribution in [0.3, 0.4) is 0 Å². The van der Waals surface area contributed by atoms with Crippen molar-refractivity contribution in [2.24, 2.45) is 0 Å². The Kier molecular flexibility index (Phi) is 3.84. The molecule has 0 atom stereocenters. The second-order valence-corrected chi connectivity index (χ2v) is 5.50. The lowest BCUT2D eigenvalue weighted by atomic mass is 10.1. The molecule has 4 rings (SSSR count). The Labute approximate surface area is 144 Å². The van der Waals surface area contributed by atoms with E-state index in [2.05, 4.69) is 43.8 Å². The van der Waals surface area contributed by atoms with Gasteiger partial charge in [-0.25, -0.2) is 9.97 Å². The van der Waals surface area contributed by atoms with Crippen LogP contribution in [-0.2, 0) is 0 Å². The number of nitrogen functional groups attached to an aromatic ring is 1. The molecule has 0 aliphatic carbocycles. The van der Waals surface area contributed by atoms with Gasteiger partial charge in [0.15, 0.2) is 11.6 Å². The van der Waals surface area contributed by atoms with Gasteiger partial charge in [-0.1, -0.05) is 36.4 Å². The Morgan fingerprint density at radius 2 is 1.48 bits per heavy atom. The first-order valence-electron chi connectivity index (χ1n) is 7.83. The van der Waals surface area contributed by atoms with Crippen molar-refractivity contribution in [1.82, 2.24) is 15.0 Å². The summed E-state index contributed by atoms with van der Waals surface area (Å²) in [5, 5.41) is 8.74. The fraction of sp³-hybridized carbons (Fsp3) is 0. The zero-order valence-electron chi connectivity index (χ0n) is 13.3. The van der Waals surface area contributed by atoms with E-state index in [1.807, 2.05) is 36.4 Å². The van der Waals surface area contributed by atoms with E-state index in [1.54, 1.807) is 12.4 Å². The quantitative estimate of drug-likeness (QED) is 0.523. The van der Waals surface area contributed by atoms with Gasteiger partial charge in [-0.3, -0.25) is 4.98 Å². The Bertz CT molecular complexity index is 1010. The van der Waals surface area contributed by atoms with Crippen LogP contribution in [-0.4, -0.2) is 15.0 Å². The number of pyridine rings is 1. The van der Waals surface area contributed by atoms with Crippen molar-refractivity contribution in [3.63, 3.8) is 0 Å². The first-order valence-corrected chi connectivity index (χ1v) is 7.83. The van der Waals surface area contributed by atoms with Gasteiger partial charge in [-0.05, 0) is 23.6 Å². The molecule has 6 nitrogen and oxygen atoms in total. The first-order chi connectivity index (χ1) is 12.3. The molecule has 122 valence electrons. The highest BCUT2D eigenvalue weighted by Gasteiger charge is 2.10. The van der Waals surface area contributed by atoms with E-state index in [9.17, 15) is 0 Å². The molecule has 0 spiro atoms. The Morgan fingerprint density at radius 3 is 2.32 bits per heavy atom. The molecule has 2 aromatic carbocycles. The normalized spacial score (nSPS) is 10.6. The molecule has 0 saturated carbocycles. The number of nitrogens with two attached hydrogens (primary N) is 1. The summed E-state index contributed by atoms with van der Waals surface area (Å²) in [6, 6.07) is 17.9. The van der Waals surface area contributed by atoms with E-state index >= 15 is 0 Å². The molecule has 0 radical (unpaired) electrons. The summed E-state index contributed by atoms with van der Waals surface area (Å²) >= 11 is 0. The van der Waals surface area contributed by atoms with Gasteiger partial charge >= 0.3 is 0 Å². The van der Waals surface area contributed by atoms with Gasteiger partial charge in [-0.15, -0.1) is 0 Å². The summed E-state index contributed by atoms with van der Waals surface area (Å²) in [4.78, 5) is 12.5. The summed E-state index contributed by atoms with van der Waals surface area (Å²) in [7, 11) is 0. The van der Waals surface area contributed by atoms with Crippen LogP contribution in [0.1, 0.15) is 0 Å². The summed E-state index contributed by atoms with van der Waals surface area (Å²) in [5.74, 6) is 1.10. The fourth-order valence-electron chi connectivity index (χ4n) is 2.63. The molecule has 0 unspecified atom stereocenters. The summed E-state index contributed by atoms with van der Waals surface area (Å²) in [5.41, 5.74) is 8.51. The smallest absolute Gasteiger partial charge is 0.159 e. The van der Waals surface area contributed by atoms with E-state index in [0.29, 0.717) is 17.3 Å². The number of hydrogen-bond donors (Lipinski definition) is 3. The molecule has 0 aliphatic rings. The molecule has 4 aromatic rings. The molecule has 0 saturated heterocycles. The molecule has 25 heavy (non-hydrogen) atoms. The minimum absolute atomic E-state index is 0.451. The standard InChI is InChI=1S/C19H16N6/c20-17-18(24-14-8-10-21-11-9-14)22-12-23-19(17)25-16-7-3-5-13-4-1-2-6-15(13)16/h1-12H,20H2,(H2,21,22,23,24,25). The van der Waals surface area contributed by atoms with Crippen LogP contribution in [0.5, 0.6) is 0 Å². The van der Waals surface area contributed by atoms with Gasteiger partial charge in [0.05, 0.1) is 0 Å². The number of benzene rings is 2. The maximum absolute atomic E-state index is 6.26. The molecule has 0 fully saturated rings. The predicted octanol–water partition coefficient (Wildman–Crippen LogP) is 4.09.